The van der Waals surface area contributed by atoms with E-state index in [-0.39, 0.29) is 10.8 Å². The number of carbonyl (C=O) groups excluding carboxylic acids is 1. The predicted molar refractivity (Wildman–Crippen MR) is 146 cm³/mol. The molecule has 6 nitrogen and oxygen atoms in total. The third-order valence-electron chi connectivity index (χ3n) is 6.49. The van der Waals surface area contributed by atoms with Crippen molar-refractivity contribution in [3.63, 3.8) is 0 Å². The Morgan fingerprint density at radius 1 is 0.833 bits per heavy atom. The van der Waals surface area contributed by atoms with Gasteiger partial charge in [0.25, 0.3) is 15.9 Å². The van der Waals surface area contributed by atoms with Crippen molar-refractivity contribution in [2.75, 3.05) is 30.9 Å². The number of anilines is 1. The van der Waals surface area contributed by atoms with E-state index in [1.807, 2.05) is 61.2 Å². The fraction of sp³-hybridized carbons (Fsp3) is 0.276. The highest BCUT2D eigenvalue weighted by Gasteiger charge is 2.19. The number of rotatable bonds is 8. The average Bonchev–Trinajstić information content (AvgIpc) is 2.91. The van der Waals surface area contributed by atoms with Crippen LogP contribution in [0, 0.1) is 0 Å². The van der Waals surface area contributed by atoms with Crippen LogP contribution in [0.25, 0.3) is 5.57 Å². The summed E-state index contributed by atoms with van der Waals surface area (Å²) >= 11 is 0. The molecule has 7 heteroatoms. The van der Waals surface area contributed by atoms with Gasteiger partial charge in [-0.25, -0.2) is 8.42 Å². The zero-order valence-electron chi connectivity index (χ0n) is 20.8. The lowest BCUT2D eigenvalue weighted by Crippen LogP contribution is -2.30. The minimum Gasteiger partial charge on any atom is -0.339 e. The van der Waals surface area contributed by atoms with Crippen molar-refractivity contribution in [3.8, 4) is 0 Å². The van der Waals surface area contributed by atoms with E-state index in [1.54, 1.807) is 36.4 Å². The van der Waals surface area contributed by atoms with E-state index in [4.69, 9.17) is 0 Å². The molecule has 1 saturated heterocycles. The monoisotopic (exact) mass is 503 g/mol. The number of benzene rings is 3. The first kappa shape index (κ1) is 25.7. The number of piperidine rings is 1. The second-order valence-corrected chi connectivity index (χ2v) is 10.5. The van der Waals surface area contributed by atoms with Gasteiger partial charge in [-0.2, -0.15) is 0 Å². The van der Waals surface area contributed by atoms with Crippen LogP contribution < -0.4 is 10.0 Å². The Morgan fingerprint density at radius 2 is 1.47 bits per heavy atom. The molecule has 0 spiro atoms. The van der Waals surface area contributed by atoms with Crippen molar-refractivity contribution in [2.24, 2.45) is 0 Å². The number of hydrogen-bond donors (Lipinski definition) is 2. The maximum atomic E-state index is 12.9. The van der Waals surface area contributed by atoms with Crippen molar-refractivity contribution in [2.45, 2.75) is 31.6 Å². The van der Waals surface area contributed by atoms with Gasteiger partial charge in [0.2, 0.25) is 0 Å². The summed E-state index contributed by atoms with van der Waals surface area (Å²) in [6, 6.07) is 23.7. The van der Waals surface area contributed by atoms with E-state index < -0.39 is 10.0 Å². The van der Waals surface area contributed by atoms with E-state index in [2.05, 4.69) is 10.0 Å². The van der Waals surface area contributed by atoms with Gasteiger partial charge in [0, 0.05) is 24.3 Å². The second kappa shape index (κ2) is 11.5. The summed E-state index contributed by atoms with van der Waals surface area (Å²) in [5.41, 5.74) is 5.56. The molecule has 1 fully saturated rings. The molecule has 0 unspecified atom stereocenters. The molecule has 0 aromatic heterocycles. The lowest BCUT2D eigenvalue weighted by atomic mass is 9.88. The Balaban J connectivity index is 1.70. The molecule has 0 radical (unpaired) electrons. The van der Waals surface area contributed by atoms with Crippen LogP contribution in [0.15, 0.2) is 89.3 Å². The van der Waals surface area contributed by atoms with Crippen LogP contribution in [0.1, 0.15) is 48.2 Å². The molecule has 0 atom stereocenters. The summed E-state index contributed by atoms with van der Waals surface area (Å²) < 4.78 is 28.5. The van der Waals surface area contributed by atoms with Crippen LogP contribution in [-0.2, 0) is 10.0 Å². The zero-order valence-corrected chi connectivity index (χ0v) is 21.6. The van der Waals surface area contributed by atoms with Gasteiger partial charge >= 0.3 is 0 Å². The van der Waals surface area contributed by atoms with Gasteiger partial charge in [-0.05, 0) is 92.9 Å². The number of amides is 1. The first-order chi connectivity index (χ1) is 17.4. The van der Waals surface area contributed by atoms with Gasteiger partial charge in [-0.1, -0.05) is 48.0 Å². The number of sulfonamides is 1. The minimum absolute atomic E-state index is 0.0277. The van der Waals surface area contributed by atoms with Crippen LogP contribution in [-0.4, -0.2) is 45.4 Å². The summed E-state index contributed by atoms with van der Waals surface area (Å²) in [5.74, 6) is 0.0277. The van der Waals surface area contributed by atoms with Crippen LogP contribution in [0.4, 0.5) is 5.69 Å². The van der Waals surface area contributed by atoms with Gasteiger partial charge < -0.3 is 10.2 Å². The molecule has 0 saturated carbocycles. The number of nitrogens with zero attached hydrogens (tertiary/aromatic N) is 1. The van der Waals surface area contributed by atoms with Crippen molar-refractivity contribution in [1.82, 2.24) is 10.2 Å². The third kappa shape index (κ3) is 5.86. The molecule has 1 amide bonds. The van der Waals surface area contributed by atoms with Gasteiger partial charge in [0.1, 0.15) is 0 Å². The topological polar surface area (TPSA) is 78.5 Å². The van der Waals surface area contributed by atoms with E-state index in [9.17, 15) is 13.2 Å². The van der Waals surface area contributed by atoms with Crippen LogP contribution in [0.3, 0.4) is 0 Å². The summed E-state index contributed by atoms with van der Waals surface area (Å²) in [6.45, 7) is 7.11. The molecule has 1 aliphatic rings. The largest absolute Gasteiger partial charge is 0.339 e. The highest BCUT2D eigenvalue weighted by atomic mass is 32.2. The highest BCUT2D eigenvalue weighted by molar-refractivity contribution is 7.92. The Bertz CT molecular complexity index is 1320. The molecule has 3 aromatic carbocycles. The summed E-state index contributed by atoms with van der Waals surface area (Å²) in [4.78, 5) is 14.8. The fourth-order valence-corrected chi connectivity index (χ4v) is 5.65. The van der Waals surface area contributed by atoms with E-state index in [1.165, 1.54) is 5.57 Å². The molecule has 0 bridgehead atoms. The summed E-state index contributed by atoms with van der Waals surface area (Å²) in [6.07, 6.45) is 1.82. The van der Waals surface area contributed by atoms with Gasteiger partial charge in [-0.15, -0.1) is 0 Å². The maximum absolute atomic E-state index is 12.9. The summed E-state index contributed by atoms with van der Waals surface area (Å²) in [5, 5.41) is 3.41. The van der Waals surface area contributed by atoms with Crippen LogP contribution in [0.2, 0.25) is 0 Å². The molecular formula is C29H33N3O3S. The SMILES string of the molecule is CCN(CC)C(=O)c1ccc(C(=C2CCNCC2)c2cccc(NS(=O)(=O)c3ccccc3)c2)cc1. The molecule has 36 heavy (non-hydrogen) atoms. The van der Waals surface area contributed by atoms with E-state index >= 15 is 0 Å². The number of nitrogens with one attached hydrogen (secondary N) is 2. The number of carbonyl (C=O) groups is 1. The quantitative estimate of drug-likeness (QED) is 0.445. The van der Waals surface area contributed by atoms with Crippen molar-refractivity contribution < 1.29 is 13.2 Å². The Kier molecular flexibility index (Phi) is 8.23. The van der Waals surface area contributed by atoms with Gasteiger partial charge in [-0.3, -0.25) is 9.52 Å². The number of hydrogen-bond acceptors (Lipinski definition) is 4. The van der Waals surface area contributed by atoms with E-state index in [0.29, 0.717) is 24.3 Å². The molecule has 3 aromatic rings. The Morgan fingerprint density at radius 3 is 2.11 bits per heavy atom. The molecule has 2 N–H and O–H groups in total. The summed E-state index contributed by atoms with van der Waals surface area (Å²) in [7, 11) is -3.69. The predicted octanol–water partition coefficient (Wildman–Crippen LogP) is 5.15. The van der Waals surface area contributed by atoms with Crippen molar-refractivity contribution >= 4 is 27.2 Å². The molecule has 0 aliphatic carbocycles. The normalized spacial score (nSPS) is 13.8. The Hall–Kier alpha value is -3.42. The van der Waals surface area contributed by atoms with Crippen molar-refractivity contribution in [3.05, 3.63) is 101 Å². The smallest absolute Gasteiger partial charge is 0.261 e. The van der Waals surface area contributed by atoms with Crippen molar-refractivity contribution in [1.29, 1.82) is 0 Å². The van der Waals surface area contributed by atoms with Crippen LogP contribution >= 0.6 is 0 Å². The average molecular weight is 504 g/mol. The lowest BCUT2D eigenvalue weighted by molar-refractivity contribution is 0.0773. The highest BCUT2D eigenvalue weighted by Crippen LogP contribution is 2.33. The van der Waals surface area contributed by atoms with Gasteiger partial charge in [0.05, 0.1) is 4.90 Å². The molecule has 1 aliphatic heterocycles. The Labute approximate surface area is 214 Å². The maximum Gasteiger partial charge on any atom is 0.261 e. The third-order valence-corrected chi connectivity index (χ3v) is 7.89. The van der Waals surface area contributed by atoms with Crippen LogP contribution in [0.5, 0.6) is 0 Å². The first-order valence-electron chi connectivity index (χ1n) is 12.4. The molecule has 1 heterocycles. The molecular weight excluding hydrogens is 470 g/mol. The van der Waals surface area contributed by atoms with E-state index in [0.717, 1.165) is 42.6 Å². The second-order valence-electron chi connectivity index (χ2n) is 8.78. The van der Waals surface area contributed by atoms with Gasteiger partial charge in [0.15, 0.2) is 0 Å². The molecule has 4 rings (SSSR count). The lowest BCUT2D eigenvalue weighted by Gasteiger charge is -2.22. The minimum atomic E-state index is -3.69. The fourth-order valence-electron chi connectivity index (χ4n) is 4.58. The first-order valence-corrected chi connectivity index (χ1v) is 13.9. The zero-order chi connectivity index (χ0) is 25.5. The standard InChI is InChI=1S/C29H33N3O3S/c1-3-32(4-2)29(33)24-15-13-22(14-16-24)28(23-17-19-30-20-18-23)25-9-8-10-26(21-25)31-36(34,35)27-11-6-5-7-12-27/h5-16,21,30-31H,3-4,17-20H2,1-2H3. The molecule has 188 valence electrons.